The Hall–Kier alpha value is -1.34. The highest BCUT2D eigenvalue weighted by atomic mass is 127. The zero-order valence-electron chi connectivity index (χ0n) is 27.6. The standard InChI is InChI=1S/C31H61N3O7.HI/c1-7-8-9-10-11-12-13-14-15-16-17-18-19-20-21-22-23-32-29(35)40-26-28(38-5)27-41-31(37)33(30(36)39-6)24-25-34(2,3)4;/h28H,7-27H2,1-6H3;1H. The number of ether oxygens (including phenoxy) is 4. The first-order chi connectivity index (χ1) is 19.6. The number of methoxy groups -OCH3 is 2. The second-order valence-corrected chi connectivity index (χ2v) is 11.9. The molecule has 0 saturated heterocycles. The van der Waals surface area contributed by atoms with E-state index in [0.717, 1.165) is 17.7 Å². The van der Waals surface area contributed by atoms with E-state index in [0.29, 0.717) is 17.6 Å². The molecule has 3 amide bonds. The smallest absolute Gasteiger partial charge is 0.419 e. The van der Waals surface area contributed by atoms with Gasteiger partial charge >= 0.3 is 18.3 Å². The van der Waals surface area contributed by atoms with Crippen LogP contribution < -0.4 is 29.3 Å². The van der Waals surface area contributed by atoms with Crippen LogP contribution in [-0.4, -0.2) is 102 Å². The monoisotopic (exact) mass is 715 g/mol. The molecule has 1 N–H and O–H groups in total. The molecule has 0 aliphatic carbocycles. The molecule has 1 atom stereocenters. The van der Waals surface area contributed by atoms with Crippen LogP contribution in [0.1, 0.15) is 110 Å². The van der Waals surface area contributed by atoms with Gasteiger partial charge in [-0.2, -0.15) is 0 Å². The molecule has 0 radical (unpaired) electrons. The van der Waals surface area contributed by atoms with Gasteiger partial charge in [-0.15, -0.1) is 0 Å². The van der Waals surface area contributed by atoms with Gasteiger partial charge in [-0.25, -0.2) is 19.3 Å². The largest absolute Gasteiger partial charge is 1.00 e. The summed E-state index contributed by atoms with van der Waals surface area (Å²) in [6.07, 6.45) is 18.1. The number of nitrogens with zero attached hydrogens (tertiary/aromatic N) is 2. The summed E-state index contributed by atoms with van der Waals surface area (Å²) in [5.74, 6) is 0. The molecule has 1 unspecified atom stereocenters. The summed E-state index contributed by atoms with van der Waals surface area (Å²) in [6.45, 7) is 3.25. The van der Waals surface area contributed by atoms with Crippen molar-refractivity contribution in [2.75, 3.05) is 68.2 Å². The van der Waals surface area contributed by atoms with Crippen molar-refractivity contribution in [2.24, 2.45) is 0 Å². The van der Waals surface area contributed by atoms with Crippen LogP contribution in [0.3, 0.4) is 0 Å². The molecule has 42 heavy (non-hydrogen) atoms. The predicted octanol–water partition coefficient (Wildman–Crippen LogP) is 3.90. The summed E-state index contributed by atoms with van der Waals surface area (Å²) >= 11 is 0. The van der Waals surface area contributed by atoms with Crippen LogP contribution in [0.15, 0.2) is 0 Å². The first kappa shape index (κ1) is 42.8. The molecule has 0 aliphatic heterocycles. The van der Waals surface area contributed by atoms with Crippen LogP contribution in [0.2, 0.25) is 0 Å². The number of halogens is 1. The average Bonchev–Trinajstić information content (AvgIpc) is 2.94. The molecule has 250 valence electrons. The molecule has 0 spiro atoms. The van der Waals surface area contributed by atoms with Crippen molar-refractivity contribution in [3.05, 3.63) is 0 Å². The van der Waals surface area contributed by atoms with Crippen molar-refractivity contribution in [1.82, 2.24) is 10.2 Å². The SMILES string of the molecule is CCCCCCCCCCCCCCCCCCNC(=O)OCC(COC(=O)N(CC[N+](C)(C)C)C(=O)OC)OC.[I-]. The molecule has 0 saturated carbocycles. The Labute approximate surface area is 273 Å². The Morgan fingerprint density at radius 2 is 1.14 bits per heavy atom. The van der Waals surface area contributed by atoms with Gasteiger partial charge < -0.3 is 52.7 Å². The number of alkyl carbamates (subject to hydrolysis) is 1. The third-order valence-corrected chi connectivity index (χ3v) is 7.04. The molecule has 0 aliphatic rings. The second kappa shape index (κ2) is 28.4. The van der Waals surface area contributed by atoms with Crippen molar-refractivity contribution in [1.29, 1.82) is 0 Å². The molecule has 0 bridgehead atoms. The quantitative estimate of drug-likeness (QED) is 0.0663. The summed E-state index contributed by atoms with van der Waals surface area (Å²) in [4.78, 5) is 37.3. The number of hydrogen-bond donors (Lipinski definition) is 1. The average molecular weight is 716 g/mol. The predicted molar refractivity (Wildman–Crippen MR) is 163 cm³/mol. The van der Waals surface area contributed by atoms with E-state index in [1.165, 1.54) is 104 Å². The summed E-state index contributed by atoms with van der Waals surface area (Å²) < 4.78 is 20.9. The maximum atomic E-state index is 12.4. The number of carbonyl (C=O) groups is 3. The lowest BCUT2D eigenvalue weighted by atomic mass is 10.0. The summed E-state index contributed by atoms with van der Waals surface area (Å²) in [5, 5.41) is 2.75. The third-order valence-electron chi connectivity index (χ3n) is 7.04. The highest BCUT2D eigenvalue weighted by Gasteiger charge is 2.27. The van der Waals surface area contributed by atoms with Crippen molar-refractivity contribution in [3.8, 4) is 0 Å². The lowest BCUT2D eigenvalue weighted by molar-refractivity contribution is -0.869. The molecular formula is C31H62IN3O7. The number of likely N-dealkylation sites (N-methyl/N-ethyl adjacent to an activating group) is 1. The van der Waals surface area contributed by atoms with Gasteiger partial charge in [0.2, 0.25) is 0 Å². The zero-order valence-corrected chi connectivity index (χ0v) is 29.7. The van der Waals surface area contributed by atoms with Gasteiger partial charge in [0.15, 0.2) is 0 Å². The number of amides is 3. The second-order valence-electron chi connectivity index (χ2n) is 11.9. The Morgan fingerprint density at radius 1 is 0.690 bits per heavy atom. The number of rotatable bonds is 25. The van der Waals surface area contributed by atoms with E-state index >= 15 is 0 Å². The van der Waals surface area contributed by atoms with Gasteiger partial charge in [-0.1, -0.05) is 103 Å². The molecule has 11 heteroatoms. The molecule has 0 aromatic heterocycles. The fraction of sp³-hybridized carbons (Fsp3) is 0.903. The van der Waals surface area contributed by atoms with Gasteiger partial charge in [0.25, 0.3) is 0 Å². The summed E-state index contributed by atoms with van der Waals surface area (Å²) in [7, 11) is 8.49. The van der Waals surface area contributed by atoms with E-state index < -0.39 is 24.4 Å². The maximum absolute atomic E-state index is 12.4. The minimum absolute atomic E-state index is 0. The molecule has 0 fully saturated rings. The number of hydrogen-bond acceptors (Lipinski definition) is 7. The minimum atomic E-state index is -0.833. The normalized spacial score (nSPS) is 11.8. The molecule has 10 nitrogen and oxygen atoms in total. The first-order valence-corrected chi connectivity index (χ1v) is 15.9. The van der Waals surface area contributed by atoms with E-state index in [4.69, 9.17) is 18.9 Å². The van der Waals surface area contributed by atoms with E-state index in [9.17, 15) is 14.4 Å². The van der Waals surface area contributed by atoms with Crippen LogP contribution >= 0.6 is 0 Å². The van der Waals surface area contributed by atoms with Crippen molar-refractivity contribution < 1.29 is 61.8 Å². The minimum Gasteiger partial charge on any atom is -1.00 e. The molecule has 0 aromatic carbocycles. The Bertz CT molecular complexity index is 677. The third kappa shape index (κ3) is 26.3. The van der Waals surface area contributed by atoms with Gasteiger partial charge in [0, 0.05) is 13.7 Å². The zero-order chi connectivity index (χ0) is 30.8. The molecule has 0 rings (SSSR count). The highest BCUT2D eigenvalue weighted by molar-refractivity contribution is 5.87. The van der Waals surface area contributed by atoms with Crippen LogP contribution in [0.4, 0.5) is 14.4 Å². The topological polar surface area (TPSA) is 103 Å². The fourth-order valence-electron chi connectivity index (χ4n) is 4.28. The number of quaternary nitrogens is 1. The summed E-state index contributed by atoms with van der Waals surface area (Å²) in [6, 6.07) is 0. The Kier molecular flexibility index (Phi) is 29.0. The Balaban J connectivity index is 0. The van der Waals surface area contributed by atoms with Crippen LogP contribution in [0, 0.1) is 0 Å². The molecular weight excluding hydrogens is 653 g/mol. The first-order valence-electron chi connectivity index (χ1n) is 15.9. The number of nitrogens with one attached hydrogen (secondary N) is 1. The van der Waals surface area contributed by atoms with Crippen molar-refractivity contribution in [3.63, 3.8) is 0 Å². The van der Waals surface area contributed by atoms with Crippen molar-refractivity contribution >= 4 is 18.3 Å². The van der Waals surface area contributed by atoms with E-state index in [2.05, 4.69) is 12.2 Å². The van der Waals surface area contributed by atoms with E-state index in [1.807, 2.05) is 21.1 Å². The lowest BCUT2D eigenvalue weighted by Gasteiger charge is -2.27. The fourth-order valence-corrected chi connectivity index (χ4v) is 4.28. The molecule has 0 aromatic rings. The maximum Gasteiger partial charge on any atom is 0.419 e. The van der Waals surface area contributed by atoms with Gasteiger partial charge in [0.05, 0.1) is 41.3 Å². The van der Waals surface area contributed by atoms with Crippen LogP contribution in [0.5, 0.6) is 0 Å². The van der Waals surface area contributed by atoms with Gasteiger partial charge in [0.1, 0.15) is 19.3 Å². The van der Waals surface area contributed by atoms with Gasteiger partial charge in [-0.3, -0.25) is 0 Å². The highest BCUT2D eigenvalue weighted by Crippen LogP contribution is 2.13. The number of carbonyl (C=O) groups excluding carboxylic acids is 3. The molecule has 0 heterocycles. The Morgan fingerprint density at radius 3 is 1.57 bits per heavy atom. The van der Waals surface area contributed by atoms with Gasteiger partial charge in [-0.05, 0) is 6.42 Å². The number of imide groups is 1. The van der Waals surface area contributed by atoms with Crippen molar-refractivity contribution in [2.45, 2.75) is 116 Å². The summed E-state index contributed by atoms with van der Waals surface area (Å²) in [5.41, 5.74) is 0. The van der Waals surface area contributed by atoms with E-state index in [1.54, 1.807) is 0 Å². The number of unbranched alkanes of at least 4 members (excludes halogenated alkanes) is 15. The lowest BCUT2D eigenvalue weighted by Crippen LogP contribution is -3.00. The van der Waals surface area contributed by atoms with Crippen LogP contribution in [-0.2, 0) is 18.9 Å². The van der Waals surface area contributed by atoms with E-state index in [-0.39, 0.29) is 43.7 Å². The van der Waals surface area contributed by atoms with Crippen LogP contribution in [0.25, 0.3) is 0 Å².